The first-order valence-corrected chi connectivity index (χ1v) is 10.3. The third-order valence-electron chi connectivity index (χ3n) is 5.51. The smallest absolute Gasteiger partial charge is 0.256 e. The molecule has 2 aliphatic rings. The Bertz CT molecular complexity index is 968. The Labute approximate surface area is 179 Å². The third kappa shape index (κ3) is 3.71. The molecule has 3 N–H and O–H groups in total. The van der Waals surface area contributed by atoms with Gasteiger partial charge in [-0.05, 0) is 65.8 Å². The zero-order valence-corrected chi connectivity index (χ0v) is 17.5. The van der Waals surface area contributed by atoms with Crippen molar-refractivity contribution in [2.24, 2.45) is 0 Å². The lowest BCUT2D eigenvalue weighted by Gasteiger charge is -2.45. The molecule has 0 saturated carbocycles. The van der Waals surface area contributed by atoms with Crippen molar-refractivity contribution in [3.8, 4) is 0 Å². The molecule has 0 unspecified atom stereocenters. The molecule has 2 heterocycles. The van der Waals surface area contributed by atoms with Gasteiger partial charge in [-0.3, -0.25) is 4.79 Å². The summed E-state index contributed by atoms with van der Waals surface area (Å²) in [5, 5.41) is 16.2. The molecule has 2 fully saturated rings. The average Bonchev–Trinajstić information content (AvgIpc) is 3.15. The van der Waals surface area contributed by atoms with Gasteiger partial charge in [0.2, 0.25) is 0 Å². The number of β-amino-alcohol motifs (C(OH)–C–C–N with tert-alkyl or cyclic N) is 1. The minimum atomic E-state index is -1.26. The predicted octanol–water partition coefficient (Wildman–Crippen LogP) is 3.39. The Morgan fingerprint density at radius 1 is 1.21 bits per heavy atom. The fourth-order valence-electron chi connectivity index (χ4n) is 3.92. The van der Waals surface area contributed by atoms with Crippen molar-refractivity contribution in [1.29, 1.82) is 0 Å². The summed E-state index contributed by atoms with van der Waals surface area (Å²) in [4.78, 5) is 14.7. The fourth-order valence-corrected chi connectivity index (χ4v) is 4.37. The van der Waals surface area contributed by atoms with Gasteiger partial charge >= 0.3 is 0 Å². The highest BCUT2D eigenvalue weighted by molar-refractivity contribution is 14.1. The molecule has 0 aliphatic carbocycles. The number of likely N-dealkylation sites (tertiary alicyclic amines) is 1. The second kappa shape index (κ2) is 7.77. The summed E-state index contributed by atoms with van der Waals surface area (Å²) in [5.74, 6) is -3.57. The lowest BCUT2D eigenvalue weighted by atomic mass is 9.86. The Kier molecular flexibility index (Phi) is 5.47. The van der Waals surface area contributed by atoms with Crippen LogP contribution in [0.2, 0.25) is 0 Å². The van der Waals surface area contributed by atoms with Gasteiger partial charge in [0.25, 0.3) is 5.91 Å². The van der Waals surface area contributed by atoms with E-state index in [0.29, 0.717) is 36.0 Å². The van der Waals surface area contributed by atoms with E-state index in [2.05, 4.69) is 10.6 Å². The minimum Gasteiger partial charge on any atom is -0.385 e. The molecule has 1 amide bonds. The standard InChI is InChI=1S/C20H19F3IN3O2/c21-13-5-4-12(18(17(13)23)26-15-6-3-11(24)8-14(15)22)19(28)27-7-1-2-16(27)20(29)9-25-10-20/h3-6,8,16,25-26,29H,1-2,7,9-10H2/t16-/m1/s1. The Hall–Kier alpha value is -1.85. The number of halogens is 4. The molecule has 0 aromatic heterocycles. The molecule has 2 saturated heterocycles. The number of nitrogens with zero attached hydrogens (tertiary/aromatic N) is 1. The molecule has 2 aromatic carbocycles. The third-order valence-corrected chi connectivity index (χ3v) is 6.18. The zero-order chi connectivity index (χ0) is 20.8. The maximum Gasteiger partial charge on any atom is 0.256 e. The van der Waals surface area contributed by atoms with E-state index in [1.807, 2.05) is 22.6 Å². The molecule has 1 atom stereocenters. The van der Waals surface area contributed by atoms with Crippen molar-refractivity contribution in [3.05, 3.63) is 56.9 Å². The fraction of sp³-hybridized carbons (Fsp3) is 0.350. The van der Waals surface area contributed by atoms with Crippen LogP contribution < -0.4 is 10.6 Å². The molecule has 29 heavy (non-hydrogen) atoms. The monoisotopic (exact) mass is 517 g/mol. The maximum absolute atomic E-state index is 14.6. The molecule has 0 spiro atoms. The van der Waals surface area contributed by atoms with Gasteiger partial charge in [0.05, 0.1) is 23.0 Å². The highest BCUT2D eigenvalue weighted by Crippen LogP contribution is 2.34. The summed E-state index contributed by atoms with van der Waals surface area (Å²) < 4.78 is 43.4. The number of carbonyl (C=O) groups is 1. The van der Waals surface area contributed by atoms with Crippen LogP contribution in [0.25, 0.3) is 0 Å². The van der Waals surface area contributed by atoms with Gasteiger partial charge in [0, 0.05) is 23.2 Å². The molecule has 9 heteroatoms. The van der Waals surface area contributed by atoms with Crippen LogP contribution in [-0.4, -0.2) is 47.2 Å². The first-order chi connectivity index (χ1) is 13.8. The van der Waals surface area contributed by atoms with E-state index in [-0.39, 0.29) is 11.3 Å². The second-order valence-corrected chi connectivity index (χ2v) is 8.64. The van der Waals surface area contributed by atoms with E-state index >= 15 is 0 Å². The van der Waals surface area contributed by atoms with E-state index < -0.39 is 40.7 Å². The number of hydrogen-bond acceptors (Lipinski definition) is 4. The number of hydrogen-bond donors (Lipinski definition) is 3. The summed E-state index contributed by atoms with van der Waals surface area (Å²) in [5.41, 5.74) is -1.62. The Balaban J connectivity index is 1.70. The largest absolute Gasteiger partial charge is 0.385 e. The van der Waals surface area contributed by atoms with Crippen molar-refractivity contribution in [2.75, 3.05) is 25.0 Å². The van der Waals surface area contributed by atoms with Gasteiger partial charge < -0.3 is 20.6 Å². The molecule has 2 aromatic rings. The summed E-state index contributed by atoms with van der Waals surface area (Å²) in [6.45, 7) is 1.15. The van der Waals surface area contributed by atoms with Crippen molar-refractivity contribution in [2.45, 2.75) is 24.5 Å². The van der Waals surface area contributed by atoms with Crippen LogP contribution in [0.3, 0.4) is 0 Å². The van der Waals surface area contributed by atoms with Crippen LogP contribution in [-0.2, 0) is 0 Å². The number of amides is 1. The molecule has 0 radical (unpaired) electrons. The summed E-state index contributed by atoms with van der Waals surface area (Å²) in [7, 11) is 0. The number of carbonyl (C=O) groups excluding carboxylic acids is 1. The van der Waals surface area contributed by atoms with Gasteiger partial charge in [-0.1, -0.05) is 0 Å². The number of nitrogens with one attached hydrogen (secondary N) is 2. The normalized spacial score (nSPS) is 20.4. The maximum atomic E-state index is 14.6. The number of anilines is 2. The van der Waals surface area contributed by atoms with Gasteiger partial charge in [-0.25, -0.2) is 13.2 Å². The van der Waals surface area contributed by atoms with Crippen molar-refractivity contribution in [3.63, 3.8) is 0 Å². The number of rotatable bonds is 4. The van der Waals surface area contributed by atoms with Gasteiger partial charge in [0.1, 0.15) is 11.4 Å². The van der Waals surface area contributed by atoms with E-state index in [4.69, 9.17) is 0 Å². The predicted molar refractivity (Wildman–Crippen MR) is 111 cm³/mol. The van der Waals surface area contributed by atoms with Crippen LogP contribution in [0, 0.1) is 21.0 Å². The van der Waals surface area contributed by atoms with Crippen LogP contribution in [0.1, 0.15) is 23.2 Å². The highest BCUT2D eigenvalue weighted by Gasteiger charge is 2.48. The molecule has 154 valence electrons. The minimum absolute atomic E-state index is 0.0660. The summed E-state index contributed by atoms with van der Waals surface area (Å²) in [6, 6.07) is 5.91. The van der Waals surface area contributed by atoms with Crippen LogP contribution in [0.15, 0.2) is 30.3 Å². The van der Waals surface area contributed by atoms with Crippen LogP contribution in [0.5, 0.6) is 0 Å². The van der Waals surface area contributed by atoms with E-state index in [0.717, 1.165) is 6.07 Å². The van der Waals surface area contributed by atoms with Gasteiger partial charge in [-0.2, -0.15) is 0 Å². The van der Waals surface area contributed by atoms with E-state index in [1.165, 1.54) is 23.1 Å². The lowest BCUT2D eigenvalue weighted by molar-refractivity contribution is -0.0643. The average molecular weight is 517 g/mol. The Morgan fingerprint density at radius 2 is 1.97 bits per heavy atom. The van der Waals surface area contributed by atoms with E-state index in [9.17, 15) is 23.1 Å². The van der Waals surface area contributed by atoms with Gasteiger partial charge in [0.15, 0.2) is 11.6 Å². The van der Waals surface area contributed by atoms with E-state index in [1.54, 1.807) is 6.07 Å². The summed E-state index contributed by atoms with van der Waals surface area (Å²) in [6.07, 6.45) is 1.33. The topological polar surface area (TPSA) is 64.6 Å². The summed E-state index contributed by atoms with van der Waals surface area (Å²) >= 11 is 1.94. The molecule has 4 rings (SSSR count). The zero-order valence-electron chi connectivity index (χ0n) is 15.3. The van der Waals surface area contributed by atoms with Gasteiger partial charge in [-0.15, -0.1) is 0 Å². The molecule has 2 aliphatic heterocycles. The molecule has 0 bridgehead atoms. The van der Waals surface area contributed by atoms with Crippen LogP contribution in [0.4, 0.5) is 24.5 Å². The lowest BCUT2D eigenvalue weighted by Crippen LogP contribution is -2.69. The number of benzene rings is 2. The number of aliphatic hydroxyl groups is 1. The van der Waals surface area contributed by atoms with Crippen molar-refractivity contribution in [1.82, 2.24) is 10.2 Å². The first-order valence-electron chi connectivity index (χ1n) is 9.24. The molecular weight excluding hydrogens is 498 g/mol. The SMILES string of the molecule is O=C(c1ccc(F)c(F)c1Nc1ccc(I)cc1F)N1CCC[C@@H]1C1(O)CNC1. The second-order valence-electron chi connectivity index (χ2n) is 7.40. The van der Waals surface area contributed by atoms with Crippen molar-refractivity contribution < 1.29 is 23.1 Å². The first kappa shape index (κ1) is 20.4. The van der Waals surface area contributed by atoms with Crippen molar-refractivity contribution >= 4 is 39.9 Å². The highest BCUT2D eigenvalue weighted by atomic mass is 127. The Morgan fingerprint density at radius 3 is 2.62 bits per heavy atom. The van der Waals surface area contributed by atoms with Crippen LogP contribution >= 0.6 is 22.6 Å². The molecular formula is C20H19F3IN3O2. The quantitative estimate of drug-likeness (QED) is 0.545. The molecule has 5 nitrogen and oxygen atoms in total.